The molecule has 1 aromatic carbocycles. The number of hydrogen-bond donors (Lipinski definition) is 2. The fraction of sp³-hybridized carbons (Fsp3) is 0.421. The standard InChI is InChI=1S/C19H25N3O4/c1-3-20-17(23)12-22(4-2)18(24)13-26-19(25)10-9-14-11-21-16-8-6-5-7-15(14)16/h5-8,11,21H,3-4,9-10,12-13H2,1-2H3,(H,20,23). The lowest BCUT2D eigenvalue weighted by atomic mass is 10.1. The zero-order valence-electron chi connectivity index (χ0n) is 15.2. The number of aromatic amines is 1. The second-order valence-electron chi connectivity index (χ2n) is 5.88. The van der Waals surface area contributed by atoms with E-state index in [0.29, 0.717) is 19.5 Å². The molecular formula is C19H25N3O4. The van der Waals surface area contributed by atoms with Crippen LogP contribution in [0.15, 0.2) is 30.5 Å². The molecule has 0 spiro atoms. The maximum absolute atomic E-state index is 12.1. The number of carbonyl (C=O) groups excluding carboxylic acids is 3. The summed E-state index contributed by atoms with van der Waals surface area (Å²) in [5, 5.41) is 3.72. The van der Waals surface area contributed by atoms with Gasteiger partial charge in [0.25, 0.3) is 5.91 Å². The number of aromatic nitrogens is 1. The van der Waals surface area contributed by atoms with Crippen molar-refractivity contribution >= 4 is 28.7 Å². The topological polar surface area (TPSA) is 91.5 Å². The summed E-state index contributed by atoms with van der Waals surface area (Å²) in [4.78, 5) is 40.1. The van der Waals surface area contributed by atoms with Gasteiger partial charge in [0.15, 0.2) is 6.61 Å². The number of nitrogens with zero attached hydrogens (tertiary/aromatic N) is 1. The number of carbonyl (C=O) groups is 3. The minimum absolute atomic E-state index is 0.0317. The number of amides is 2. The highest BCUT2D eigenvalue weighted by molar-refractivity contribution is 5.86. The first-order valence-electron chi connectivity index (χ1n) is 8.80. The average Bonchev–Trinajstić information content (AvgIpc) is 3.06. The molecule has 0 saturated heterocycles. The molecule has 0 atom stereocenters. The summed E-state index contributed by atoms with van der Waals surface area (Å²) in [6.07, 6.45) is 2.61. The molecule has 0 radical (unpaired) electrons. The van der Waals surface area contributed by atoms with Gasteiger partial charge in [0, 0.05) is 36.6 Å². The predicted molar refractivity (Wildman–Crippen MR) is 98.5 cm³/mol. The highest BCUT2D eigenvalue weighted by atomic mass is 16.5. The van der Waals surface area contributed by atoms with Crippen molar-refractivity contribution in [3.63, 3.8) is 0 Å². The molecule has 0 bridgehead atoms. The molecule has 140 valence electrons. The Morgan fingerprint density at radius 1 is 1.19 bits per heavy atom. The van der Waals surface area contributed by atoms with Gasteiger partial charge in [-0.2, -0.15) is 0 Å². The van der Waals surface area contributed by atoms with Crippen LogP contribution in [0, 0.1) is 0 Å². The Morgan fingerprint density at radius 2 is 1.96 bits per heavy atom. The lowest BCUT2D eigenvalue weighted by molar-refractivity contribution is -0.152. The Balaban J connectivity index is 1.78. The molecule has 0 aliphatic carbocycles. The van der Waals surface area contributed by atoms with Crippen LogP contribution in [0.25, 0.3) is 10.9 Å². The minimum Gasteiger partial charge on any atom is -0.456 e. The lowest BCUT2D eigenvalue weighted by Gasteiger charge is -2.20. The molecule has 0 saturated carbocycles. The van der Waals surface area contributed by atoms with E-state index in [1.165, 1.54) is 4.90 Å². The van der Waals surface area contributed by atoms with E-state index < -0.39 is 5.97 Å². The molecule has 2 rings (SSSR count). The van der Waals surface area contributed by atoms with Gasteiger partial charge in [0.05, 0.1) is 6.54 Å². The number of likely N-dealkylation sites (N-methyl/N-ethyl adjacent to an activating group) is 2. The quantitative estimate of drug-likeness (QED) is 0.666. The minimum atomic E-state index is -0.433. The third-order valence-electron chi connectivity index (χ3n) is 4.07. The molecule has 2 amide bonds. The van der Waals surface area contributed by atoms with Crippen molar-refractivity contribution in [2.24, 2.45) is 0 Å². The van der Waals surface area contributed by atoms with Crippen LogP contribution in [-0.2, 0) is 25.5 Å². The SMILES string of the molecule is CCNC(=O)CN(CC)C(=O)COC(=O)CCc1c[nH]c2ccccc12. The molecule has 7 heteroatoms. The van der Waals surface area contributed by atoms with Gasteiger partial charge in [-0.3, -0.25) is 14.4 Å². The first-order chi connectivity index (χ1) is 12.5. The van der Waals surface area contributed by atoms with Crippen molar-refractivity contribution in [3.8, 4) is 0 Å². The summed E-state index contributed by atoms with van der Waals surface area (Å²) in [7, 11) is 0. The van der Waals surface area contributed by atoms with Gasteiger partial charge >= 0.3 is 5.97 Å². The van der Waals surface area contributed by atoms with Crippen molar-refractivity contribution in [2.75, 3.05) is 26.2 Å². The highest BCUT2D eigenvalue weighted by Crippen LogP contribution is 2.19. The van der Waals surface area contributed by atoms with Crippen molar-refractivity contribution in [2.45, 2.75) is 26.7 Å². The van der Waals surface area contributed by atoms with E-state index in [2.05, 4.69) is 10.3 Å². The number of fused-ring (bicyclic) bond motifs is 1. The van der Waals surface area contributed by atoms with Gasteiger partial charge in [-0.25, -0.2) is 0 Å². The van der Waals surface area contributed by atoms with Crippen molar-refractivity contribution in [3.05, 3.63) is 36.0 Å². The Hall–Kier alpha value is -2.83. The largest absolute Gasteiger partial charge is 0.456 e. The summed E-state index contributed by atoms with van der Waals surface area (Å²) in [5.74, 6) is -1.04. The maximum atomic E-state index is 12.1. The van der Waals surface area contributed by atoms with E-state index in [1.54, 1.807) is 6.92 Å². The Bertz CT molecular complexity index is 769. The Morgan fingerprint density at radius 3 is 2.69 bits per heavy atom. The van der Waals surface area contributed by atoms with Crippen LogP contribution < -0.4 is 5.32 Å². The lowest BCUT2D eigenvalue weighted by Crippen LogP contribution is -2.42. The number of esters is 1. The molecule has 0 aliphatic heterocycles. The normalized spacial score (nSPS) is 10.5. The molecule has 7 nitrogen and oxygen atoms in total. The fourth-order valence-electron chi connectivity index (χ4n) is 2.68. The van der Waals surface area contributed by atoms with Gasteiger partial charge in [-0.15, -0.1) is 0 Å². The number of rotatable bonds is 9. The third-order valence-corrected chi connectivity index (χ3v) is 4.07. The van der Waals surface area contributed by atoms with Crippen LogP contribution in [0.5, 0.6) is 0 Å². The number of H-pyrrole nitrogens is 1. The molecule has 26 heavy (non-hydrogen) atoms. The predicted octanol–water partition coefficient (Wildman–Crippen LogP) is 1.63. The number of nitrogens with one attached hydrogen (secondary N) is 2. The van der Waals surface area contributed by atoms with Crippen molar-refractivity contribution in [1.82, 2.24) is 15.2 Å². The van der Waals surface area contributed by atoms with E-state index in [9.17, 15) is 14.4 Å². The molecule has 0 aliphatic rings. The summed E-state index contributed by atoms with van der Waals surface area (Å²) in [6, 6.07) is 7.87. The first kappa shape index (κ1) is 19.5. The zero-order chi connectivity index (χ0) is 18.9. The number of aryl methyl sites for hydroxylation is 1. The summed E-state index contributed by atoms with van der Waals surface area (Å²) < 4.78 is 5.07. The second-order valence-corrected chi connectivity index (χ2v) is 5.88. The zero-order valence-corrected chi connectivity index (χ0v) is 15.2. The van der Waals surface area contributed by atoms with Crippen LogP contribution in [0.3, 0.4) is 0 Å². The molecule has 2 N–H and O–H groups in total. The highest BCUT2D eigenvalue weighted by Gasteiger charge is 2.17. The number of benzene rings is 1. The van der Waals surface area contributed by atoms with E-state index in [0.717, 1.165) is 16.5 Å². The van der Waals surface area contributed by atoms with Crippen LogP contribution in [0.1, 0.15) is 25.8 Å². The van der Waals surface area contributed by atoms with Gasteiger partial charge in [-0.1, -0.05) is 18.2 Å². The van der Waals surface area contributed by atoms with Gasteiger partial charge in [0.2, 0.25) is 5.91 Å². The summed E-state index contributed by atoms with van der Waals surface area (Å²) in [6.45, 7) is 4.09. The van der Waals surface area contributed by atoms with Crippen LogP contribution in [-0.4, -0.2) is 53.9 Å². The number of para-hydroxylation sites is 1. The summed E-state index contributed by atoms with van der Waals surface area (Å²) in [5.41, 5.74) is 2.06. The van der Waals surface area contributed by atoms with Crippen LogP contribution in [0.4, 0.5) is 0 Å². The van der Waals surface area contributed by atoms with E-state index in [-0.39, 0.29) is 31.4 Å². The van der Waals surface area contributed by atoms with E-state index >= 15 is 0 Å². The smallest absolute Gasteiger partial charge is 0.306 e. The maximum Gasteiger partial charge on any atom is 0.306 e. The molecule has 0 unspecified atom stereocenters. The van der Waals surface area contributed by atoms with Gasteiger partial charge in [0.1, 0.15) is 0 Å². The average molecular weight is 359 g/mol. The Labute approximate surface area is 152 Å². The first-order valence-corrected chi connectivity index (χ1v) is 8.80. The number of ether oxygens (including phenoxy) is 1. The van der Waals surface area contributed by atoms with E-state index in [4.69, 9.17) is 4.74 Å². The molecule has 0 fully saturated rings. The van der Waals surface area contributed by atoms with Crippen molar-refractivity contribution < 1.29 is 19.1 Å². The number of hydrogen-bond acceptors (Lipinski definition) is 4. The molecule has 1 aromatic heterocycles. The van der Waals surface area contributed by atoms with Crippen LogP contribution >= 0.6 is 0 Å². The van der Waals surface area contributed by atoms with E-state index in [1.807, 2.05) is 37.4 Å². The fourth-order valence-corrected chi connectivity index (χ4v) is 2.68. The summed E-state index contributed by atoms with van der Waals surface area (Å²) >= 11 is 0. The van der Waals surface area contributed by atoms with Gasteiger partial charge < -0.3 is 19.9 Å². The Kier molecular flexibility index (Phi) is 7.20. The monoisotopic (exact) mass is 359 g/mol. The second kappa shape index (κ2) is 9.60. The van der Waals surface area contributed by atoms with Crippen LogP contribution in [0.2, 0.25) is 0 Å². The molecule has 1 heterocycles. The van der Waals surface area contributed by atoms with Gasteiger partial charge in [-0.05, 0) is 31.9 Å². The molecule has 2 aromatic rings. The third kappa shape index (κ3) is 5.34. The van der Waals surface area contributed by atoms with Crippen molar-refractivity contribution in [1.29, 1.82) is 0 Å². The molecular weight excluding hydrogens is 334 g/mol.